The summed E-state index contributed by atoms with van der Waals surface area (Å²) in [7, 11) is 1.51. The van der Waals surface area contributed by atoms with E-state index in [1.54, 1.807) is 5.38 Å². The van der Waals surface area contributed by atoms with Gasteiger partial charge in [-0.2, -0.15) is 0 Å². The third-order valence-electron chi connectivity index (χ3n) is 3.58. The van der Waals surface area contributed by atoms with Gasteiger partial charge in [-0.25, -0.2) is 9.78 Å². The zero-order valence-corrected chi connectivity index (χ0v) is 14.2. The lowest BCUT2D eigenvalue weighted by molar-refractivity contribution is -0.141. The van der Waals surface area contributed by atoms with Crippen LogP contribution >= 0.6 is 11.3 Å². The Kier molecular flexibility index (Phi) is 5.50. The number of carboxylic acids is 1. The largest absolute Gasteiger partial charge is 0.480 e. The lowest BCUT2D eigenvalue weighted by atomic mass is 10.0. The fraction of sp³-hybridized carbons (Fsp3) is 0.353. The molecule has 2 aromatic rings. The molecule has 0 spiro atoms. The number of carbonyl (C=O) groups is 2. The van der Waals surface area contributed by atoms with Gasteiger partial charge in [0, 0.05) is 24.8 Å². The first-order valence-corrected chi connectivity index (χ1v) is 8.27. The normalized spacial score (nSPS) is 12.2. The number of hydrogen-bond donors (Lipinski definition) is 1. The Morgan fingerprint density at radius 2 is 1.91 bits per heavy atom. The lowest BCUT2D eigenvalue weighted by Crippen LogP contribution is -2.44. The van der Waals surface area contributed by atoms with Crippen molar-refractivity contribution in [1.82, 2.24) is 9.88 Å². The van der Waals surface area contributed by atoms with Crippen LogP contribution in [0, 0.1) is 0 Å². The van der Waals surface area contributed by atoms with E-state index in [9.17, 15) is 14.7 Å². The molecule has 2 rings (SSSR count). The molecule has 0 aliphatic heterocycles. The fourth-order valence-electron chi connectivity index (χ4n) is 2.20. The molecule has 1 unspecified atom stereocenters. The minimum Gasteiger partial charge on any atom is -0.480 e. The molecule has 1 atom stereocenters. The number of benzene rings is 1. The molecule has 0 saturated carbocycles. The molecule has 0 bridgehead atoms. The third kappa shape index (κ3) is 4.16. The van der Waals surface area contributed by atoms with E-state index in [-0.39, 0.29) is 18.2 Å². The van der Waals surface area contributed by atoms with Gasteiger partial charge in [-0.3, -0.25) is 4.79 Å². The number of aromatic nitrogens is 1. The molecule has 1 N–H and O–H groups in total. The predicted octanol–water partition coefficient (Wildman–Crippen LogP) is 3.03. The molecule has 0 radical (unpaired) electrons. The molecule has 1 amide bonds. The maximum atomic E-state index is 12.5. The van der Waals surface area contributed by atoms with Gasteiger partial charge in [-0.1, -0.05) is 44.2 Å². The van der Waals surface area contributed by atoms with Crippen molar-refractivity contribution in [3.05, 3.63) is 52.0 Å². The molecule has 0 saturated heterocycles. The van der Waals surface area contributed by atoms with Gasteiger partial charge in [0.25, 0.3) is 5.91 Å². The van der Waals surface area contributed by atoms with Crippen molar-refractivity contribution in [3.8, 4) is 0 Å². The lowest BCUT2D eigenvalue weighted by Gasteiger charge is -2.24. The number of thiazole rings is 1. The van der Waals surface area contributed by atoms with Crippen LogP contribution in [0.3, 0.4) is 0 Å². The molecule has 1 aromatic carbocycles. The number of likely N-dealkylation sites (N-methyl/N-ethyl adjacent to an activating group) is 1. The van der Waals surface area contributed by atoms with Crippen molar-refractivity contribution >= 4 is 23.2 Å². The SMILES string of the molecule is CC(C)c1nc(C(=O)N(C)C(Cc2ccccc2)C(=O)O)cs1. The van der Waals surface area contributed by atoms with Crippen LogP contribution in [0.4, 0.5) is 0 Å². The average molecular weight is 332 g/mol. The van der Waals surface area contributed by atoms with Crippen molar-refractivity contribution in [2.24, 2.45) is 0 Å². The summed E-state index contributed by atoms with van der Waals surface area (Å²) in [6, 6.07) is 8.37. The molecule has 6 heteroatoms. The summed E-state index contributed by atoms with van der Waals surface area (Å²) >= 11 is 1.42. The highest BCUT2D eigenvalue weighted by molar-refractivity contribution is 7.09. The number of carboxylic acid groups (broad SMARTS) is 1. The first-order chi connectivity index (χ1) is 10.9. The number of amides is 1. The summed E-state index contributed by atoms with van der Waals surface area (Å²) in [5.41, 5.74) is 1.18. The van der Waals surface area contributed by atoms with Gasteiger partial charge in [0.1, 0.15) is 11.7 Å². The van der Waals surface area contributed by atoms with Crippen molar-refractivity contribution < 1.29 is 14.7 Å². The summed E-state index contributed by atoms with van der Waals surface area (Å²) in [5, 5.41) is 12.0. The van der Waals surface area contributed by atoms with Crippen molar-refractivity contribution in [2.75, 3.05) is 7.05 Å². The zero-order chi connectivity index (χ0) is 17.0. The number of aliphatic carboxylic acids is 1. The molecule has 0 fully saturated rings. The summed E-state index contributed by atoms with van der Waals surface area (Å²) in [6.45, 7) is 4.01. The first kappa shape index (κ1) is 17.1. The van der Waals surface area contributed by atoms with E-state index in [0.29, 0.717) is 5.69 Å². The third-order valence-corrected chi connectivity index (χ3v) is 4.73. The molecule has 0 aliphatic rings. The monoisotopic (exact) mass is 332 g/mol. The highest BCUT2D eigenvalue weighted by atomic mass is 32.1. The van der Waals surface area contributed by atoms with Gasteiger partial charge in [0.2, 0.25) is 0 Å². The van der Waals surface area contributed by atoms with Crippen LogP contribution < -0.4 is 0 Å². The van der Waals surface area contributed by atoms with E-state index < -0.39 is 12.0 Å². The Labute approximate surface area is 139 Å². The molecule has 0 aliphatic carbocycles. The van der Waals surface area contributed by atoms with E-state index in [4.69, 9.17) is 0 Å². The summed E-state index contributed by atoms with van der Waals surface area (Å²) in [5.74, 6) is -1.15. The van der Waals surface area contributed by atoms with Gasteiger partial charge < -0.3 is 10.0 Å². The number of nitrogens with zero attached hydrogens (tertiary/aromatic N) is 2. The standard InChI is InChI=1S/C17H20N2O3S/c1-11(2)15-18-13(10-23-15)16(20)19(3)14(17(21)22)9-12-7-5-4-6-8-12/h4-8,10-11,14H,9H2,1-3H3,(H,21,22). The number of hydrogen-bond acceptors (Lipinski definition) is 4. The van der Waals surface area contributed by atoms with E-state index >= 15 is 0 Å². The minimum atomic E-state index is -1.02. The van der Waals surface area contributed by atoms with Gasteiger partial charge in [-0.15, -0.1) is 11.3 Å². The van der Waals surface area contributed by atoms with Crippen molar-refractivity contribution in [2.45, 2.75) is 32.2 Å². The second kappa shape index (κ2) is 7.37. The smallest absolute Gasteiger partial charge is 0.326 e. The van der Waals surface area contributed by atoms with Crippen LogP contribution in [0.5, 0.6) is 0 Å². The van der Waals surface area contributed by atoms with Gasteiger partial charge >= 0.3 is 5.97 Å². The molecule has 5 nitrogen and oxygen atoms in total. The summed E-state index contributed by atoms with van der Waals surface area (Å²) in [4.78, 5) is 29.7. The summed E-state index contributed by atoms with van der Waals surface area (Å²) < 4.78 is 0. The molecular weight excluding hydrogens is 312 g/mol. The maximum Gasteiger partial charge on any atom is 0.326 e. The molecule has 122 valence electrons. The van der Waals surface area contributed by atoms with Crippen LogP contribution in [0.15, 0.2) is 35.7 Å². The highest BCUT2D eigenvalue weighted by Crippen LogP contribution is 2.20. The second-order valence-corrected chi connectivity index (χ2v) is 6.58. The van der Waals surface area contributed by atoms with Crippen LogP contribution in [0.25, 0.3) is 0 Å². The molecule has 1 aromatic heterocycles. The Balaban J connectivity index is 2.17. The Morgan fingerprint density at radius 1 is 1.26 bits per heavy atom. The van der Waals surface area contributed by atoms with Crippen LogP contribution in [-0.2, 0) is 11.2 Å². The minimum absolute atomic E-state index is 0.242. The summed E-state index contributed by atoms with van der Waals surface area (Å²) in [6.07, 6.45) is 0.263. The molecule has 1 heterocycles. The maximum absolute atomic E-state index is 12.5. The quantitative estimate of drug-likeness (QED) is 0.882. The number of rotatable bonds is 6. The highest BCUT2D eigenvalue weighted by Gasteiger charge is 2.28. The van der Waals surface area contributed by atoms with E-state index in [1.807, 2.05) is 44.2 Å². The van der Waals surface area contributed by atoms with E-state index in [1.165, 1.54) is 23.3 Å². The predicted molar refractivity (Wildman–Crippen MR) is 89.9 cm³/mol. The van der Waals surface area contributed by atoms with Gasteiger partial charge in [-0.05, 0) is 5.56 Å². The first-order valence-electron chi connectivity index (χ1n) is 7.39. The zero-order valence-electron chi connectivity index (χ0n) is 13.4. The topological polar surface area (TPSA) is 70.5 Å². The van der Waals surface area contributed by atoms with Gasteiger partial charge in [0.05, 0.1) is 5.01 Å². The van der Waals surface area contributed by atoms with Crippen molar-refractivity contribution in [3.63, 3.8) is 0 Å². The Hall–Kier alpha value is -2.21. The van der Waals surface area contributed by atoms with Crippen LogP contribution in [0.1, 0.15) is 40.8 Å². The van der Waals surface area contributed by atoms with E-state index in [2.05, 4.69) is 4.98 Å². The fourth-order valence-corrected chi connectivity index (χ4v) is 3.01. The number of carbonyl (C=O) groups excluding carboxylic acids is 1. The Morgan fingerprint density at radius 3 is 2.43 bits per heavy atom. The Bertz CT molecular complexity index is 682. The van der Waals surface area contributed by atoms with Crippen LogP contribution in [-0.4, -0.2) is 40.0 Å². The van der Waals surface area contributed by atoms with E-state index in [0.717, 1.165) is 10.6 Å². The molecule has 23 heavy (non-hydrogen) atoms. The second-order valence-electron chi connectivity index (χ2n) is 5.69. The molecular formula is C17H20N2O3S. The van der Waals surface area contributed by atoms with Gasteiger partial charge in [0.15, 0.2) is 0 Å². The van der Waals surface area contributed by atoms with Crippen LogP contribution in [0.2, 0.25) is 0 Å². The van der Waals surface area contributed by atoms with Crippen molar-refractivity contribution in [1.29, 1.82) is 0 Å². The average Bonchev–Trinajstić information content (AvgIpc) is 3.02.